The summed E-state index contributed by atoms with van der Waals surface area (Å²) in [7, 11) is -3.75. The van der Waals surface area contributed by atoms with Crippen molar-refractivity contribution in [2.45, 2.75) is 31.4 Å². The molecule has 0 heterocycles. The zero-order chi connectivity index (χ0) is 8.93. The molecular weight excluding hydrogens is 176 g/mol. The molecule has 3 nitrogen and oxygen atoms in total. The fourth-order valence-electron chi connectivity index (χ4n) is 2.77. The Balaban J connectivity index is 2.08. The monoisotopic (exact) mass is 190 g/mol. The van der Waals surface area contributed by atoms with Crippen LogP contribution < -0.4 is 0 Å². The highest BCUT2D eigenvalue weighted by Gasteiger charge is 2.48. The lowest BCUT2D eigenvalue weighted by Crippen LogP contribution is -2.29. The highest BCUT2D eigenvalue weighted by atomic mass is 32.2. The van der Waals surface area contributed by atoms with Gasteiger partial charge in [-0.05, 0) is 37.0 Å². The van der Waals surface area contributed by atoms with Gasteiger partial charge in [0, 0.05) is 0 Å². The highest BCUT2D eigenvalue weighted by Crippen LogP contribution is 2.52. The largest absolute Gasteiger partial charge is 0.285 e. The second-order valence-corrected chi connectivity index (χ2v) is 5.94. The van der Waals surface area contributed by atoms with E-state index in [2.05, 4.69) is 6.92 Å². The molecule has 4 heteroatoms. The van der Waals surface area contributed by atoms with E-state index in [0.717, 1.165) is 6.42 Å². The topological polar surface area (TPSA) is 54.4 Å². The van der Waals surface area contributed by atoms with Crippen LogP contribution in [0.1, 0.15) is 26.2 Å². The van der Waals surface area contributed by atoms with Crippen molar-refractivity contribution in [2.75, 3.05) is 0 Å². The third-order valence-corrected chi connectivity index (χ3v) is 4.76. The third kappa shape index (κ3) is 1.17. The van der Waals surface area contributed by atoms with Crippen molar-refractivity contribution in [2.24, 2.45) is 17.8 Å². The van der Waals surface area contributed by atoms with E-state index in [4.69, 9.17) is 4.55 Å². The number of hydrogen-bond donors (Lipinski definition) is 1. The normalized spacial score (nSPS) is 46.8. The summed E-state index contributed by atoms with van der Waals surface area (Å²) in [5.74, 6) is 1.81. The molecule has 0 aromatic rings. The first kappa shape index (κ1) is 8.51. The molecule has 0 radical (unpaired) electrons. The molecule has 2 fully saturated rings. The highest BCUT2D eigenvalue weighted by molar-refractivity contribution is 7.86. The Bertz CT molecular complexity index is 283. The van der Waals surface area contributed by atoms with E-state index in [1.54, 1.807) is 0 Å². The predicted molar refractivity (Wildman–Crippen MR) is 45.3 cm³/mol. The molecule has 2 aliphatic rings. The van der Waals surface area contributed by atoms with Crippen molar-refractivity contribution in [3.05, 3.63) is 0 Å². The second-order valence-electron chi connectivity index (χ2n) is 4.25. The molecule has 4 atom stereocenters. The summed E-state index contributed by atoms with van der Waals surface area (Å²) in [6.45, 7) is 2.16. The van der Waals surface area contributed by atoms with Crippen molar-refractivity contribution >= 4 is 10.1 Å². The summed E-state index contributed by atoms with van der Waals surface area (Å²) in [6, 6.07) is 0. The molecule has 0 aromatic carbocycles. The Kier molecular flexibility index (Phi) is 1.74. The van der Waals surface area contributed by atoms with Gasteiger partial charge in [0.15, 0.2) is 0 Å². The second kappa shape index (κ2) is 2.45. The molecular formula is C8H14O3S. The van der Waals surface area contributed by atoms with Crippen molar-refractivity contribution in [1.82, 2.24) is 0 Å². The van der Waals surface area contributed by atoms with Crippen LogP contribution in [0.2, 0.25) is 0 Å². The van der Waals surface area contributed by atoms with Gasteiger partial charge in [-0.25, -0.2) is 0 Å². The maximum Gasteiger partial charge on any atom is 0.267 e. The maximum atomic E-state index is 10.8. The molecule has 0 aliphatic heterocycles. The minimum Gasteiger partial charge on any atom is -0.285 e. The van der Waals surface area contributed by atoms with Crippen LogP contribution in [-0.4, -0.2) is 18.2 Å². The molecule has 0 spiro atoms. The molecule has 70 valence electrons. The van der Waals surface area contributed by atoms with Crippen molar-refractivity contribution in [3.8, 4) is 0 Å². The van der Waals surface area contributed by atoms with Crippen LogP contribution in [-0.2, 0) is 10.1 Å². The van der Waals surface area contributed by atoms with Crippen molar-refractivity contribution in [3.63, 3.8) is 0 Å². The molecule has 2 saturated carbocycles. The molecule has 4 unspecified atom stereocenters. The Labute approximate surface area is 72.9 Å². The van der Waals surface area contributed by atoms with E-state index < -0.39 is 15.4 Å². The van der Waals surface area contributed by atoms with Gasteiger partial charge in [0.05, 0.1) is 5.25 Å². The van der Waals surface area contributed by atoms with Crippen molar-refractivity contribution in [1.29, 1.82) is 0 Å². The SMILES string of the molecule is CC1CC2CC(S(=O)(=O)O)CC12. The minimum atomic E-state index is -3.75. The van der Waals surface area contributed by atoms with Gasteiger partial charge in [-0.3, -0.25) is 4.55 Å². The third-order valence-electron chi connectivity index (χ3n) is 3.53. The summed E-state index contributed by atoms with van der Waals surface area (Å²) in [6.07, 6.45) is 2.52. The van der Waals surface area contributed by atoms with Crippen LogP contribution in [0.5, 0.6) is 0 Å². The Morgan fingerprint density at radius 2 is 1.92 bits per heavy atom. The summed E-state index contributed by atoms with van der Waals surface area (Å²) >= 11 is 0. The number of hydrogen-bond acceptors (Lipinski definition) is 2. The lowest BCUT2D eigenvalue weighted by atomic mass is 9.68. The van der Waals surface area contributed by atoms with Gasteiger partial charge in [-0.1, -0.05) is 6.92 Å². The maximum absolute atomic E-state index is 10.8. The van der Waals surface area contributed by atoms with Crippen LogP contribution in [0.3, 0.4) is 0 Å². The van der Waals surface area contributed by atoms with E-state index in [-0.39, 0.29) is 0 Å². The van der Waals surface area contributed by atoms with Crippen LogP contribution in [0.25, 0.3) is 0 Å². The lowest BCUT2D eigenvalue weighted by molar-refractivity contribution is 0.120. The zero-order valence-electron chi connectivity index (χ0n) is 7.10. The Morgan fingerprint density at radius 1 is 1.25 bits per heavy atom. The molecule has 1 N–H and O–H groups in total. The van der Waals surface area contributed by atoms with Gasteiger partial charge >= 0.3 is 0 Å². The molecule has 2 aliphatic carbocycles. The fraction of sp³-hybridized carbons (Fsp3) is 1.00. The van der Waals surface area contributed by atoms with Gasteiger partial charge in [-0.2, -0.15) is 8.42 Å². The first-order chi connectivity index (χ1) is 5.48. The van der Waals surface area contributed by atoms with Gasteiger partial charge in [-0.15, -0.1) is 0 Å². The van der Waals surface area contributed by atoms with E-state index in [1.807, 2.05) is 0 Å². The average molecular weight is 190 g/mol. The van der Waals surface area contributed by atoms with Gasteiger partial charge in [0.2, 0.25) is 0 Å². The molecule has 0 saturated heterocycles. The predicted octanol–water partition coefficient (Wildman–Crippen LogP) is 1.31. The van der Waals surface area contributed by atoms with E-state index >= 15 is 0 Å². The van der Waals surface area contributed by atoms with Gasteiger partial charge < -0.3 is 0 Å². The summed E-state index contributed by atoms with van der Waals surface area (Å²) in [5, 5.41) is -0.461. The Hall–Kier alpha value is -0.0900. The van der Waals surface area contributed by atoms with Crippen LogP contribution in [0, 0.1) is 17.8 Å². The first-order valence-corrected chi connectivity index (χ1v) is 5.95. The zero-order valence-corrected chi connectivity index (χ0v) is 7.92. The summed E-state index contributed by atoms with van der Waals surface area (Å²) in [5.41, 5.74) is 0. The van der Waals surface area contributed by atoms with E-state index in [9.17, 15) is 8.42 Å². The molecule has 0 bridgehead atoms. The first-order valence-electron chi connectivity index (χ1n) is 4.45. The quantitative estimate of drug-likeness (QED) is 0.634. The number of fused-ring (bicyclic) bond motifs is 1. The van der Waals surface area contributed by atoms with Crippen LogP contribution >= 0.6 is 0 Å². The standard InChI is InChI=1S/C8H14O3S/c1-5-2-6-3-7(4-8(5)6)12(9,10)11/h5-8H,2-4H2,1H3,(H,9,10,11). The Morgan fingerprint density at radius 3 is 2.33 bits per heavy atom. The smallest absolute Gasteiger partial charge is 0.267 e. The van der Waals surface area contributed by atoms with Crippen molar-refractivity contribution < 1.29 is 13.0 Å². The van der Waals surface area contributed by atoms with Gasteiger partial charge in [0.1, 0.15) is 0 Å². The van der Waals surface area contributed by atoms with E-state index in [1.165, 1.54) is 0 Å². The van der Waals surface area contributed by atoms with Crippen LogP contribution in [0.4, 0.5) is 0 Å². The van der Waals surface area contributed by atoms with E-state index in [0.29, 0.717) is 30.6 Å². The van der Waals surface area contributed by atoms with Crippen LogP contribution in [0.15, 0.2) is 0 Å². The number of rotatable bonds is 1. The lowest BCUT2D eigenvalue weighted by Gasteiger charge is -2.37. The minimum absolute atomic E-state index is 0.461. The average Bonchev–Trinajstić information content (AvgIpc) is 2.24. The molecule has 2 rings (SSSR count). The molecule has 0 amide bonds. The summed E-state index contributed by atoms with van der Waals surface area (Å²) < 4.78 is 30.5. The molecule has 0 aromatic heterocycles. The fourth-order valence-corrected chi connectivity index (χ4v) is 3.73. The molecule has 12 heavy (non-hydrogen) atoms. The van der Waals surface area contributed by atoms with Gasteiger partial charge in [0.25, 0.3) is 10.1 Å². The summed E-state index contributed by atoms with van der Waals surface area (Å²) in [4.78, 5) is 0.